The van der Waals surface area contributed by atoms with Crippen LogP contribution in [0.15, 0.2) is 30.6 Å². The Morgan fingerprint density at radius 1 is 1.41 bits per heavy atom. The van der Waals surface area contributed by atoms with Crippen LogP contribution in [-0.4, -0.2) is 36.9 Å². The summed E-state index contributed by atoms with van der Waals surface area (Å²) in [5.74, 6) is 0.251. The average molecular weight is 450 g/mol. The van der Waals surface area contributed by atoms with Crippen LogP contribution < -0.4 is 10.1 Å². The maximum atomic E-state index is 12.5. The van der Waals surface area contributed by atoms with Crippen LogP contribution in [0, 0.1) is 17.2 Å². The standard InChI is InChI=1S/C22H20ClN7O2/c1-30-17-8-13(23)5-6-15(17)19(29-30)16-10-25-21-20(28-16)18(11-26-21)32-22(31)27-14-4-2-3-12(7-14)9-24/h5-6,8,10-12,14H,2-4,7H2,1H3,(H,25,26)(H,27,31)/t12-,14+/m0/s1. The van der Waals surface area contributed by atoms with Crippen molar-refractivity contribution < 1.29 is 9.53 Å². The summed E-state index contributed by atoms with van der Waals surface area (Å²) in [6, 6.07) is 7.76. The van der Waals surface area contributed by atoms with E-state index in [0.717, 1.165) is 30.2 Å². The number of halogens is 1. The summed E-state index contributed by atoms with van der Waals surface area (Å²) in [6.45, 7) is 0. The van der Waals surface area contributed by atoms with Crippen LogP contribution in [0.1, 0.15) is 25.7 Å². The summed E-state index contributed by atoms with van der Waals surface area (Å²) in [4.78, 5) is 24.5. The molecule has 0 saturated heterocycles. The zero-order chi connectivity index (χ0) is 22.2. The van der Waals surface area contributed by atoms with E-state index >= 15 is 0 Å². The molecule has 1 aliphatic carbocycles. The van der Waals surface area contributed by atoms with E-state index in [1.165, 1.54) is 0 Å². The second kappa shape index (κ2) is 8.13. The van der Waals surface area contributed by atoms with Gasteiger partial charge < -0.3 is 15.0 Å². The van der Waals surface area contributed by atoms with Gasteiger partial charge in [0.05, 0.1) is 17.8 Å². The molecule has 2 N–H and O–H groups in total. The van der Waals surface area contributed by atoms with Crippen molar-refractivity contribution in [3.63, 3.8) is 0 Å². The Hall–Kier alpha value is -3.64. The van der Waals surface area contributed by atoms with Crippen molar-refractivity contribution in [2.75, 3.05) is 0 Å². The van der Waals surface area contributed by atoms with Gasteiger partial charge in [-0.15, -0.1) is 0 Å². The third-order valence-electron chi connectivity index (χ3n) is 5.78. The van der Waals surface area contributed by atoms with Gasteiger partial charge in [-0.1, -0.05) is 18.0 Å². The summed E-state index contributed by atoms with van der Waals surface area (Å²) >= 11 is 6.12. The number of nitrogens with zero attached hydrogens (tertiary/aromatic N) is 5. The number of H-pyrrole nitrogens is 1. The number of aromatic nitrogens is 5. The van der Waals surface area contributed by atoms with Gasteiger partial charge in [0, 0.05) is 35.6 Å². The second-order valence-corrected chi connectivity index (χ2v) is 8.40. The molecule has 10 heteroatoms. The van der Waals surface area contributed by atoms with Crippen molar-refractivity contribution in [1.29, 1.82) is 5.26 Å². The third kappa shape index (κ3) is 3.74. The molecule has 1 aromatic carbocycles. The molecular formula is C22H20ClN7O2. The van der Waals surface area contributed by atoms with E-state index in [1.807, 2.05) is 19.2 Å². The van der Waals surface area contributed by atoms with E-state index < -0.39 is 6.09 Å². The van der Waals surface area contributed by atoms with Gasteiger partial charge in [0.2, 0.25) is 0 Å². The Morgan fingerprint density at radius 3 is 3.12 bits per heavy atom. The van der Waals surface area contributed by atoms with Gasteiger partial charge in [-0.3, -0.25) is 4.68 Å². The quantitative estimate of drug-likeness (QED) is 0.480. The lowest BCUT2D eigenvalue weighted by atomic mass is 9.87. The Bertz CT molecular complexity index is 1370. The van der Waals surface area contributed by atoms with Gasteiger partial charge in [0.15, 0.2) is 16.9 Å². The Labute approximate surface area is 188 Å². The molecule has 0 spiro atoms. The molecule has 0 bridgehead atoms. The number of amides is 1. The zero-order valence-corrected chi connectivity index (χ0v) is 18.1. The normalized spacial score (nSPS) is 18.5. The fraction of sp³-hybridized carbons (Fsp3) is 0.318. The maximum Gasteiger partial charge on any atom is 0.412 e. The van der Waals surface area contributed by atoms with Gasteiger partial charge in [-0.2, -0.15) is 10.4 Å². The molecule has 3 aromatic heterocycles. The van der Waals surface area contributed by atoms with E-state index in [9.17, 15) is 4.79 Å². The van der Waals surface area contributed by atoms with Crippen LogP contribution in [0.4, 0.5) is 4.79 Å². The number of nitrogens with one attached hydrogen (secondary N) is 2. The van der Waals surface area contributed by atoms with Crippen molar-refractivity contribution >= 4 is 39.8 Å². The van der Waals surface area contributed by atoms with Crippen LogP contribution in [-0.2, 0) is 7.05 Å². The molecule has 32 heavy (non-hydrogen) atoms. The highest BCUT2D eigenvalue weighted by molar-refractivity contribution is 6.31. The summed E-state index contributed by atoms with van der Waals surface area (Å²) < 4.78 is 7.27. The van der Waals surface area contributed by atoms with Gasteiger partial charge in [0.1, 0.15) is 11.4 Å². The molecule has 9 nitrogen and oxygen atoms in total. The highest BCUT2D eigenvalue weighted by Crippen LogP contribution is 2.31. The second-order valence-electron chi connectivity index (χ2n) is 7.96. The van der Waals surface area contributed by atoms with Crippen LogP contribution in [0.25, 0.3) is 33.5 Å². The van der Waals surface area contributed by atoms with Crippen LogP contribution in [0.3, 0.4) is 0 Å². The predicted octanol–water partition coefficient (Wildman–Crippen LogP) is 4.34. The molecule has 1 fully saturated rings. The topological polar surface area (TPSA) is 122 Å². The Balaban J connectivity index is 1.41. The molecular weight excluding hydrogens is 430 g/mol. The minimum absolute atomic E-state index is 0.0290. The Morgan fingerprint density at radius 2 is 2.28 bits per heavy atom. The fourth-order valence-corrected chi connectivity index (χ4v) is 4.38. The number of carbonyl (C=O) groups excluding carboxylic acids is 1. The molecule has 0 radical (unpaired) electrons. The van der Waals surface area contributed by atoms with Crippen molar-refractivity contribution in [2.24, 2.45) is 13.0 Å². The van der Waals surface area contributed by atoms with E-state index in [4.69, 9.17) is 21.6 Å². The SMILES string of the molecule is Cn1nc(-c2cnc3[nH]cc(OC(=O)N[C@@H]4CCC[C@H](C#N)C4)c3n2)c2ccc(Cl)cc21. The van der Waals surface area contributed by atoms with E-state index in [0.29, 0.717) is 34.0 Å². The lowest BCUT2D eigenvalue weighted by molar-refractivity contribution is 0.190. The molecule has 0 unspecified atom stereocenters. The predicted molar refractivity (Wildman–Crippen MR) is 119 cm³/mol. The summed E-state index contributed by atoms with van der Waals surface area (Å²) in [6.07, 6.45) is 5.88. The highest BCUT2D eigenvalue weighted by atomic mass is 35.5. The number of carbonyl (C=O) groups is 1. The van der Waals surface area contributed by atoms with Crippen LogP contribution >= 0.6 is 11.6 Å². The van der Waals surface area contributed by atoms with E-state index in [1.54, 1.807) is 23.1 Å². The lowest BCUT2D eigenvalue weighted by Crippen LogP contribution is -2.39. The molecule has 0 aliphatic heterocycles. The summed E-state index contributed by atoms with van der Waals surface area (Å²) in [5, 5.41) is 18.1. The number of nitriles is 1. The van der Waals surface area contributed by atoms with Gasteiger partial charge in [-0.25, -0.2) is 14.8 Å². The number of ether oxygens (including phenoxy) is 1. The largest absolute Gasteiger partial charge is 0.412 e. The van der Waals surface area contributed by atoms with Crippen molar-refractivity contribution in [1.82, 2.24) is 30.0 Å². The molecule has 2 atom stereocenters. The van der Waals surface area contributed by atoms with E-state index in [-0.39, 0.29) is 17.7 Å². The molecule has 162 valence electrons. The third-order valence-corrected chi connectivity index (χ3v) is 6.02. The minimum atomic E-state index is -0.570. The molecule has 1 amide bonds. The average Bonchev–Trinajstić information content (AvgIpc) is 3.34. The van der Waals surface area contributed by atoms with E-state index in [2.05, 4.69) is 31.4 Å². The number of benzene rings is 1. The van der Waals surface area contributed by atoms with Gasteiger partial charge >= 0.3 is 6.09 Å². The van der Waals surface area contributed by atoms with Gasteiger partial charge in [0.25, 0.3) is 0 Å². The number of hydrogen-bond acceptors (Lipinski definition) is 6. The summed E-state index contributed by atoms with van der Waals surface area (Å²) in [5.41, 5.74) is 3.03. The first kappa shape index (κ1) is 20.3. The van der Waals surface area contributed by atoms with Gasteiger partial charge in [-0.05, 0) is 37.5 Å². The number of aryl methyl sites for hydroxylation is 1. The molecule has 3 heterocycles. The molecule has 1 aliphatic rings. The summed E-state index contributed by atoms with van der Waals surface area (Å²) in [7, 11) is 1.84. The number of aromatic amines is 1. The maximum absolute atomic E-state index is 12.5. The number of hydrogen-bond donors (Lipinski definition) is 2. The minimum Gasteiger partial charge on any atom is -0.406 e. The van der Waals surface area contributed by atoms with Crippen molar-refractivity contribution in [3.8, 4) is 23.2 Å². The lowest BCUT2D eigenvalue weighted by Gasteiger charge is -2.25. The first-order valence-corrected chi connectivity index (χ1v) is 10.7. The smallest absolute Gasteiger partial charge is 0.406 e. The fourth-order valence-electron chi connectivity index (χ4n) is 4.21. The first-order valence-electron chi connectivity index (χ1n) is 10.4. The highest BCUT2D eigenvalue weighted by Gasteiger charge is 2.24. The first-order chi connectivity index (χ1) is 15.5. The number of fused-ring (bicyclic) bond motifs is 2. The Kier molecular flexibility index (Phi) is 5.15. The molecule has 4 aromatic rings. The van der Waals surface area contributed by atoms with Crippen molar-refractivity contribution in [3.05, 3.63) is 35.6 Å². The van der Waals surface area contributed by atoms with Crippen LogP contribution in [0.2, 0.25) is 5.02 Å². The number of rotatable bonds is 3. The monoisotopic (exact) mass is 449 g/mol. The zero-order valence-electron chi connectivity index (χ0n) is 17.3. The molecule has 1 saturated carbocycles. The van der Waals surface area contributed by atoms with Crippen LogP contribution in [0.5, 0.6) is 5.75 Å². The molecule has 5 rings (SSSR count). The van der Waals surface area contributed by atoms with Crippen molar-refractivity contribution in [2.45, 2.75) is 31.7 Å².